The van der Waals surface area contributed by atoms with Crippen LogP contribution in [0.5, 0.6) is 5.75 Å². The molecule has 29 heavy (non-hydrogen) atoms. The normalized spacial score (nSPS) is 16.2. The van der Waals surface area contributed by atoms with E-state index in [4.69, 9.17) is 16.3 Å². The summed E-state index contributed by atoms with van der Waals surface area (Å²) < 4.78 is 6.30. The van der Waals surface area contributed by atoms with Gasteiger partial charge in [-0.2, -0.15) is 0 Å². The van der Waals surface area contributed by atoms with Crippen LogP contribution in [0, 0.1) is 0 Å². The summed E-state index contributed by atoms with van der Waals surface area (Å²) in [5, 5.41) is 4.27. The van der Waals surface area contributed by atoms with Crippen molar-refractivity contribution in [1.29, 1.82) is 0 Å². The van der Waals surface area contributed by atoms with Crippen LogP contribution in [0.3, 0.4) is 0 Å². The molecule has 1 unspecified atom stereocenters. The maximum atomic E-state index is 6.30. The lowest BCUT2D eigenvalue weighted by molar-refractivity contribution is 0.230. The number of hydrogen-bond donors (Lipinski definition) is 1. The van der Waals surface area contributed by atoms with E-state index in [0.29, 0.717) is 6.61 Å². The number of nitrogens with one attached hydrogen (secondary N) is 1. The van der Waals surface area contributed by atoms with Crippen LogP contribution in [-0.4, -0.2) is 31.1 Å². The van der Waals surface area contributed by atoms with Crippen LogP contribution in [-0.2, 0) is 6.61 Å². The summed E-state index contributed by atoms with van der Waals surface area (Å²) in [5.74, 6) is 0.938. The second kappa shape index (κ2) is 9.93. The highest BCUT2D eigenvalue weighted by atomic mass is 35.5. The fourth-order valence-electron chi connectivity index (χ4n) is 3.93. The van der Waals surface area contributed by atoms with Crippen molar-refractivity contribution in [2.24, 2.45) is 0 Å². The van der Waals surface area contributed by atoms with Crippen LogP contribution >= 0.6 is 11.6 Å². The molecule has 0 amide bonds. The topological polar surface area (TPSA) is 24.5 Å². The summed E-state index contributed by atoms with van der Waals surface area (Å²) in [7, 11) is 0. The summed E-state index contributed by atoms with van der Waals surface area (Å²) in [6.07, 6.45) is 1.14. The number of para-hydroxylation sites is 1. The van der Waals surface area contributed by atoms with Gasteiger partial charge >= 0.3 is 0 Å². The molecule has 1 aliphatic heterocycles. The Morgan fingerprint density at radius 1 is 0.862 bits per heavy atom. The second-order valence-electron chi connectivity index (χ2n) is 7.41. The maximum Gasteiger partial charge on any atom is 0.124 e. The van der Waals surface area contributed by atoms with Gasteiger partial charge in [0, 0.05) is 30.2 Å². The zero-order chi connectivity index (χ0) is 19.9. The predicted molar refractivity (Wildman–Crippen MR) is 120 cm³/mol. The van der Waals surface area contributed by atoms with E-state index in [1.165, 1.54) is 16.7 Å². The lowest BCUT2D eigenvalue weighted by Gasteiger charge is -2.32. The molecule has 3 nitrogen and oxygen atoms in total. The number of hydrogen-bond acceptors (Lipinski definition) is 3. The van der Waals surface area contributed by atoms with Crippen molar-refractivity contribution >= 4 is 11.6 Å². The van der Waals surface area contributed by atoms with E-state index in [-0.39, 0.29) is 6.04 Å². The molecule has 3 aromatic rings. The smallest absolute Gasteiger partial charge is 0.124 e. The molecule has 0 saturated carbocycles. The number of nitrogens with zero attached hydrogens (tertiary/aromatic N) is 1. The van der Waals surface area contributed by atoms with Gasteiger partial charge < -0.3 is 10.1 Å². The highest BCUT2D eigenvalue weighted by molar-refractivity contribution is 6.30. The minimum Gasteiger partial charge on any atom is -0.489 e. The van der Waals surface area contributed by atoms with E-state index in [0.717, 1.165) is 43.4 Å². The first-order chi connectivity index (χ1) is 14.3. The average Bonchev–Trinajstić information content (AvgIpc) is 3.05. The number of benzene rings is 3. The summed E-state index contributed by atoms with van der Waals surface area (Å²) in [6.45, 7) is 4.67. The molecular formula is C25H27ClN2O. The fourth-order valence-corrected chi connectivity index (χ4v) is 4.06. The molecule has 1 atom stereocenters. The molecule has 0 aromatic heterocycles. The van der Waals surface area contributed by atoms with Crippen molar-refractivity contribution < 1.29 is 4.74 Å². The van der Waals surface area contributed by atoms with Crippen LogP contribution in [0.15, 0.2) is 78.9 Å². The van der Waals surface area contributed by atoms with Crippen LogP contribution in [0.25, 0.3) is 0 Å². The first-order valence-corrected chi connectivity index (χ1v) is 10.6. The van der Waals surface area contributed by atoms with Crippen molar-refractivity contribution in [1.82, 2.24) is 10.2 Å². The molecule has 0 spiro atoms. The first-order valence-electron chi connectivity index (χ1n) is 10.3. The van der Waals surface area contributed by atoms with Gasteiger partial charge in [-0.3, -0.25) is 4.90 Å². The van der Waals surface area contributed by atoms with Crippen LogP contribution in [0.1, 0.15) is 29.2 Å². The Bertz CT molecular complexity index is 890. The van der Waals surface area contributed by atoms with Crippen molar-refractivity contribution in [3.63, 3.8) is 0 Å². The zero-order valence-corrected chi connectivity index (χ0v) is 17.3. The molecular weight excluding hydrogens is 380 g/mol. The van der Waals surface area contributed by atoms with Crippen molar-refractivity contribution in [2.45, 2.75) is 19.1 Å². The summed E-state index contributed by atoms with van der Waals surface area (Å²) >= 11 is 6.17. The maximum absolute atomic E-state index is 6.30. The Kier molecular flexibility index (Phi) is 6.83. The molecule has 1 N–H and O–H groups in total. The van der Waals surface area contributed by atoms with Gasteiger partial charge in [-0.15, -0.1) is 0 Å². The Morgan fingerprint density at radius 3 is 2.45 bits per heavy atom. The molecule has 1 aliphatic rings. The van der Waals surface area contributed by atoms with Gasteiger partial charge in [0.1, 0.15) is 12.4 Å². The van der Waals surface area contributed by atoms with Gasteiger partial charge in [0.15, 0.2) is 0 Å². The van der Waals surface area contributed by atoms with Gasteiger partial charge in [0.2, 0.25) is 0 Å². The van der Waals surface area contributed by atoms with Crippen molar-refractivity contribution in [3.8, 4) is 5.75 Å². The number of ether oxygens (including phenoxy) is 1. The van der Waals surface area contributed by atoms with Gasteiger partial charge in [-0.1, -0.05) is 72.3 Å². The molecule has 1 saturated heterocycles. The Morgan fingerprint density at radius 2 is 1.62 bits per heavy atom. The zero-order valence-electron chi connectivity index (χ0n) is 16.6. The number of rotatable bonds is 6. The Hall–Kier alpha value is -2.33. The van der Waals surface area contributed by atoms with Crippen LogP contribution in [0.4, 0.5) is 0 Å². The van der Waals surface area contributed by atoms with E-state index in [2.05, 4.69) is 52.7 Å². The lowest BCUT2D eigenvalue weighted by atomic mass is 9.96. The van der Waals surface area contributed by atoms with E-state index >= 15 is 0 Å². The first kappa shape index (κ1) is 20.0. The molecule has 0 bridgehead atoms. The van der Waals surface area contributed by atoms with E-state index in [1.54, 1.807) is 0 Å². The second-order valence-corrected chi connectivity index (χ2v) is 7.84. The Balaban J connectivity index is 1.67. The quantitative estimate of drug-likeness (QED) is 0.600. The minimum absolute atomic E-state index is 0.138. The molecule has 4 rings (SSSR count). The summed E-state index contributed by atoms with van der Waals surface area (Å²) in [6, 6.07) is 27.1. The molecule has 0 radical (unpaired) electrons. The highest BCUT2D eigenvalue weighted by Crippen LogP contribution is 2.36. The number of halogens is 1. The van der Waals surface area contributed by atoms with Gasteiger partial charge in [0.25, 0.3) is 0 Å². The van der Waals surface area contributed by atoms with E-state index in [1.807, 2.05) is 36.4 Å². The van der Waals surface area contributed by atoms with E-state index in [9.17, 15) is 0 Å². The Labute approximate surface area is 178 Å². The molecule has 3 aromatic carbocycles. The van der Waals surface area contributed by atoms with Crippen LogP contribution in [0.2, 0.25) is 5.02 Å². The minimum atomic E-state index is 0.138. The fraction of sp³-hybridized carbons (Fsp3) is 0.280. The molecule has 150 valence electrons. The third-order valence-corrected chi connectivity index (χ3v) is 5.63. The van der Waals surface area contributed by atoms with Crippen LogP contribution < -0.4 is 10.1 Å². The van der Waals surface area contributed by atoms with E-state index < -0.39 is 0 Å². The molecule has 4 heteroatoms. The third-order valence-electron chi connectivity index (χ3n) is 5.38. The SMILES string of the molecule is Clc1ccc(C(c2ccccc2OCc2ccccc2)N2CCCNCC2)cc1. The molecule has 0 aliphatic carbocycles. The van der Waals surface area contributed by atoms with Crippen molar-refractivity contribution in [3.05, 3.63) is 101 Å². The van der Waals surface area contributed by atoms with Gasteiger partial charge in [-0.25, -0.2) is 0 Å². The summed E-state index contributed by atoms with van der Waals surface area (Å²) in [4.78, 5) is 2.55. The molecule has 1 fully saturated rings. The summed E-state index contributed by atoms with van der Waals surface area (Å²) in [5.41, 5.74) is 3.61. The van der Waals surface area contributed by atoms with Crippen molar-refractivity contribution in [2.75, 3.05) is 26.2 Å². The van der Waals surface area contributed by atoms with Gasteiger partial charge in [-0.05, 0) is 42.3 Å². The highest BCUT2D eigenvalue weighted by Gasteiger charge is 2.26. The third kappa shape index (κ3) is 5.18. The standard InChI is InChI=1S/C25H27ClN2O/c26-22-13-11-21(12-14-22)25(28-17-6-15-27-16-18-28)23-9-4-5-10-24(23)29-19-20-7-2-1-3-8-20/h1-5,7-14,25,27H,6,15-19H2. The average molecular weight is 407 g/mol. The largest absolute Gasteiger partial charge is 0.489 e. The van der Waals surface area contributed by atoms with Gasteiger partial charge in [0.05, 0.1) is 6.04 Å². The predicted octanol–water partition coefficient (Wildman–Crippen LogP) is 5.30. The lowest BCUT2D eigenvalue weighted by Crippen LogP contribution is -2.33. The molecule has 1 heterocycles. The monoisotopic (exact) mass is 406 g/mol.